The first-order chi connectivity index (χ1) is 8.38. The summed E-state index contributed by atoms with van der Waals surface area (Å²) < 4.78 is 11.3. The topological polar surface area (TPSA) is 43.4 Å². The van der Waals surface area contributed by atoms with Gasteiger partial charge < -0.3 is 14.8 Å². The lowest BCUT2D eigenvalue weighted by Gasteiger charge is -2.20. The lowest BCUT2D eigenvalue weighted by molar-refractivity contribution is 0.00332. The van der Waals surface area contributed by atoms with Gasteiger partial charge in [0, 0.05) is 12.7 Å². The molecular formula is C14H24N2O2. The van der Waals surface area contributed by atoms with E-state index in [4.69, 9.17) is 9.47 Å². The molecule has 0 radical (unpaired) electrons. The van der Waals surface area contributed by atoms with E-state index in [9.17, 15) is 0 Å². The van der Waals surface area contributed by atoms with Crippen molar-refractivity contribution >= 4 is 5.69 Å². The summed E-state index contributed by atoms with van der Waals surface area (Å²) in [5.41, 5.74) is 0.803. The van der Waals surface area contributed by atoms with E-state index >= 15 is 0 Å². The van der Waals surface area contributed by atoms with Crippen molar-refractivity contribution in [3.8, 4) is 5.88 Å². The lowest BCUT2D eigenvalue weighted by atomic mass is 10.2. The fourth-order valence-electron chi connectivity index (χ4n) is 1.39. The second-order valence-electron chi connectivity index (χ2n) is 5.41. The van der Waals surface area contributed by atoms with Gasteiger partial charge in [0.25, 0.3) is 0 Å². The number of nitrogens with zero attached hydrogens (tertiary/aromatic N) is 1. The molecule has 1 aromatic heterocycles. The maximum absolute atomic E-state index is 5.65. The van der Waals surface area contributed by atoms with Crippen molar-refractivity contribution in [3.63, 3.8) is 0 Å². The number of aromatic nitrogens is 1. The van der Waals surface area contributed by atoms with E-state index in [1.807, 2.05) is 46.8 Å². The molecule has 4 nitrogen and oxygen atoms in total. The summed E-state index contributed by atoms with van der Waals surface area (Å²) in [6.07, 6.45) is 1.85. The first kappa shape index (κ1) is 14.8. The summed E-state index contributed by atoms with van der Waals surface area (Å²) in [7, 11) is 0. The van der Waals surface area contributed by atoms with Crippen LogP contribution in [0.5, 0.6) is 5.88 Å². The van der Waals surface area contributed by atoms with Crippen molar-refractivity contribution < 1.29 is 9.47 Å². The van der Waals surface area contributed by atoms with Crippen LogP contribution in [0.2, 0.25) is 0 Å². The molecule has 0 atom stereocenters. The second-order valence-corrected chi connectivity index (χ2v) is 5.41. The van der Waals surface area contributed by atoms with E-state index in [2.05, 4.69) is 10.3 Å². The number of anilines is 1. The van der Waals surface area contributed by atoms with Crippen LogP contribution >= 0.6 is 0 Å². The number of hydrogen-bond acceptors (Lipinski definition) is 4. The first-order valence-electron chi connectivity index (χ1n) is 6.38. The Morgan fingerprint density at radius 2 is 2.06 bits per heavy atom. The molecule has 0 spiro atoms. The summed E-state index contributed by atoms with van der Waals surface area (Å²) in [6.45, 7) is 11.5. The average molecular weight is 252 g/mol. The maximum atomic E-state index is 5.65. The molecule has 1 aromatic rings. The number of pyridine rings is 1. The summed E-state index contributed by atoms with van der Waals surface area (Å²) in [4.78, 5) is 4.22. The fraction of sp³-hybridized carbons (Fsp3) is 0.643. The Kier molecular flexibility index (Phi) is 5.41. The molecule has 0 aliphatic heterocycles. The van der Waals surface area contributed by atoms with Crippen LogP contribution in [0.4, 0.5) is 5.69 Å². The van der Waals surface area contributed by atoms with Crippen molar-refractivity contribution in [1.29, 1.82) is 0 Å². The van der Waals surface area contributed by atoms with Crippen molar-refractivity contribution in [3.05, 3.63) is 18.3 Å². The molecule has 0 amide bonds. The van der Waals surface area contributed by atoms with Crippen LogP contribution in [0.25, 0.3) is 0 Å². The highest BCUT2D eigenvalue weighted by Crippen LogP contribution is 2.21. The number of hydrogen-bond donors (Lipinski definition) is 1. The Hall–Kier alpha value is -1.29. The third-order valence-electron chi connectivity index (χ3n) is 2.07. The molecule has 0 bridgehead atoms. The molecule has 0 aromatic carbocycles. The van der Waals surface area contributed by atoms with Crippen LogP contribution in [-0.2, 0) is 4.74 Å². The zero-order valence-corrected chi connectivity index (χ0v) is 12.0. The number of rotatable bonds is 6. The molecule has 0 fully saturated rings. The lowest BCUT2D eigenvalue weighted by Crippen LogP contribution is -2.23. The molecule has 1 heterocycles. The van der Waals surface area contributed by atoms with E-state index < -0.39 is 0 Å². The van der Waals surface area contributed by atoms with Gasteiger partial charge in [0.05, 0.1) is 24.0 Å². The Labute approximate surface area is 110 Å². The third kappa shape index (κ3) is 5.87. The number of ether oxygens (including phenoxy) is 2. The minimum atomic E-state index is -0.103. The highest BCUT2D eigenvalue weighted by molar-refractivity contribution is 5.51. The zero-order valence-electron chi connectivity index (χ0n) is 12.0. The molecule has 18 heavy (non-hydrogen) atoms. The highest BCUT2D eigenvalue weighted by atomic mass is 16.5. The van der Waals surface area contributed by atoms with Gasteiger partial charge in [-0.05, 0) is 46.8 Å². The number of nitrogens with one attached hydrogen (secondary N) is 1. The van der Waals surface area contributed by atoms with E-state index in [0.29, 0.717) is 12.5 Å². The second kappa shape index (κ2) is 6.59. The van der Waals surface area contributed by atoms with Crippen LogP contribution in [0.3, 0.4) is 0 Å². The van der Waals surface area contributed by atoms with Gasteiger partial charge in [-0.3, -0.25) is 0 Å². The van der Waals surface area contributed by atoms with E-state index in [1.165, 1.54) is 0 Å². The first-order valence-corrected chi connectivity index (χ1v) is 6.38. The monoisotopic (exact) mass is 252 g/mol. The third-order valence-corrected chi connectivity index (χ3v) is 2.07. The van der Waals surface area contributed by atoms with Crippen LogP contribution in [0.1, 0.15) is 34.6 Å². The molecule has 0 unspecified atom stereocenters. The Morgan fingerprint density at radius 1 is 1.33 bits per heavy atom. The van der Waals surface area contributed by atoms with Gasteiger partial charge in [0.1, 0.15) is 0 Å². The minimum absolute atomic E-state index is 0.103. The van der Waals surface area contributed by atoms with Crippen LogP contribution in [0.15, 0.2) is 18.3 Å². The Bertz CT molecular complexity index is 359. The molecule has 0 saturated carbocycles. The maximum Gasteiger partial charge on any atom is 0.237 e. The van der Waals surface area contributed by atoms with Gasteiger partial charge >= 0.3 is 0 Å². The Morgan fingerprint density at radius 3 is 2.67 bits per heavy atom. The van der Waals surface area contributed by atoms with Crippen LogP contribution < -0.4 is 10.1 Å². The summed E-state index contributed by atoms with van der Waals surface area (Å²) in [5, 5.41) is 3.28. The summed E-state index contributed by atoms with van der Waals surface area (Å²) >= 11 is 0. The van der Waals surface area contributed by atoms with E-state index in [-0.39, 0.29) is 11.7 Å². The van der Waals surface area contributed by atoms with Gasteiger partial charge in [-0.1, -0.05) is 0 Å². The molecule has 0 aliphatic carbocycles. The molecule has 102 valence electrons. The van der Waals surface area contributed by atoms with E-state index in [0.717, 1.165) is 12.2 Å². The van der Waals surface area contributed by atoms with Crippen molar-refractivity contribution in [2.24, 2.45) is 0 Å². The van der Waals surface area contributed by atoms with Crippen molar-refractivity contribution in [1.82, 2.24) is 4.98 Å². The zero-order chi connectivity index (χ0) is 13.6. The molecule has 1 rings (SSSR count). The highest BCUT2D eigenvalue weighted by Gasteiger charge is 2.10. The van der Waals surface area contributed by atoms with Gasteiger partial charge in [-0.15, -0.1) is 0 Å². The predicted molar refractivity (Wildman–Crippen MR) is 74.2 cm³/mol. The molecule has 1 N–H and O–H groups in total. The van der Waals surface area contributed by atoms with Gasteiger partial charge in [-0.2, -0.15) is 0 Å². The SMILES string of the molecule is CC(C)Oc1ncccc1NCCOC(C)(C)C. The molecular weight excluding hydrogens is 228 g/mol. The van der Waals surface area contributed by atoms with Crippen molar-refractivity contribution in [2.45, 2.75) is 46.3 Å². The van der Waals surface area contributed by atoms with Crippen LogP contribution in [0, 0.1) is 0 Å². The van der Waals surface area contributed by atoms with Gasteiger partial charge in [0.2, 0.25) is 5.88 Å². The molecule has 0 aliphatic rings. The smallest absolute Gasteiger partial charge is 0.237 e. The molecule has 4 heteroatoms. The predicted octanol–water partition coefficient (Wildman–Crippen LogP) is 3.10. The summed E-state index contributed by atoms with van der Waals surface area (Å²) in [6, 6.07) is 3.85. The fourth-order valence-corrected chi connectivity index (χ4v) is 1.39. The average Bonchev–Trinajstić information content (AvgIpc) is 2.24. The van der Waals surface area contributed by atoms with Crippen LogP contribution in [-0.4, -0.2) is 29.8 Å². The molecule has 0 saturated heterocycles. The van der Waals surface area contributed by atoms with Crippen molar-refractivity contribution in [2.75, 3.05) is 18.5 Å². The normalized spacial score (nSPS) is 11.7. The summed E-state index contributed by atoms with van der Waals surface area (Å²) in [5.74, 6) is 0.642. The van der Waals surface area contributed by atoms with Gasteiger partial charge in [-0.25, -0.2) is 4.98 Å². The van der Waals surface area contributed by atoms with Gasteiger partial charge in [0.15, 0.2) is 0 Å². The quantitative estimate of drug-likeness (QED) is 0.790. The minimum Gasteiger partial charge on any atom is -0.473 e. The largest absolute Gasteiger partial charge is 0.473 e. The standard InChI is InChI=1S/C14H24N2O2/c1-11(2)18-13-12(7-6-8-16-13)15-9-10-17-14(3,4)5/h6-8,11,15H,9-10H2,1-5H3. The van der Waals surface area contributed by atoms with E-state index in [1.54, 1.807) is 6.20 Å². The Balaban J connectivity index is 2.46.